The zero-order chi connectivity index (χ0) is 22.2. The predicted octanol–water partition coefficient (Wildman–Crippen LogP) is 4.06. The lowest BCUT2D eigenvalue weighted by molar-refractivity contribution is 0.194. The normalized spacial score (nSPS) is 11.2. The topological polar surface area (TPSA) is 126 Å². The third kappa shape index (κ3) is 5.90. The van der Waals surface area contributed by atoms with Crippen LogP contribution in [0, 0.1) is 0 Å². The van der Waals surface area contributed by atoms with E-state index in [2.05, 4.69) is 32.4 Å². The number of anilines is 2. The number of aliphatic hydroxyl groups is 1. The molecule has 0 unspecified atom stereocenters. The number of nitrogens with zero attached hydrogens (tertiary/aromatic N) is 5. The molecule has 0 saturated heterocycles. The summed E-state index contributed by atoms with van der Waals surface area (Å²) in [5.41, 5.74) is 15.8. The molecule has 3 rings (SSSR count). The zero-order valence-corrected chi connectivity index (χ0v) is 18.1. The molecule has 0 aliphatic rings. The number of nitrogen functional groups attached to an aromatic ring is 2. The molecule has 0 saturated carbocycles. The maximum absolute atomic E-state index is 9.38. The Balaban J connectivity index is 1.84. The number of halogens is 1. The minimum absolute atomic E-state index is 0.0270. The molecule has 9 heteroatoms. The molecule has 2 aromatic carbocycles. The molecule has 0 aliphatic heterocycles. The zero-order valence-electron chi connectivity index (χ0n) is 17.4. The summed E-state index contributed by atoms with van der Waals surface area (Å²) >= 11 is 6.35. The maximum Gasteiger partial charge on any atom is 0.222 e. The van der Waals surface area contributed by atoms with E-state index in [1.165, 1.54) is 5.56 Å². The molecule has 3 aromatic rings. The van der Waals surface area contributed by atoms with Crippen LogP contribution in [0.15, 0.2) is 58.9 Å². The highest BCUT2D eigenvalue weighted by molar-refractivity contribution is 6.33. The van der Waals surface area contributed by atoms with Crippen LogP contribution in [0.2, 0.25) is 5.02 Å². The second kappa shape index (κ2) is 10.7. The van der Waals surface area contributed by atoms with Gasteiger partial charge < -0.3 is 16.6 Å². The number of aryl methyl sites for hydroxylation is 1. The third-order valence-electron chi connectivity index (χ3n) is 4.74. The van der Waals surface area contributed by atoms with Gasteiger partial charge in [-0.25, -0.2) is 4.98 Å². The van der Waals surface area contributed by atoms with Gasteiger partial charge in [0.2, 0.25) is 5.95 Å². The molecule has 31 heavy (non-hydrogen) atoms. The lowest BCUT2D eigenvalue weighted by Gasteiger charge is -2.16. The summed E-state index contributed by atoms with van der Waals surface area (Å²) in [6.45, 7) is 2.93. The van der Waals surface area contributed by atoms with Gasteiger partial charge in [-0.1, -0.05) is 60.1 Å². The first-order chi connectivity index (χ1) is 15.0. The minimum Gasteiger partial charge on any atom is -0.394 e. The van der Waals surface area contributed by atoms with Crippen molar-refractivity contribution in [2.45, 2.75) is 19.8 Å². The van der Waals surface area contributed by atoms with Gasteiger partial charge in [0.15, 0.2) is 0 Å². The molecule has 162 valence electrons. The molecule has 0 radical (unpaired) electrons. The number of aromatic nitrogens is 2. The SMILES string of the molecule is CCc1nc(N)nc(N)c1-c1ccc(Cl)c(N=NN(CCO)CCc2ccccc2)c1. The van der Waals surface area contributed by atoms with Crippen molar-refractivity contribution in [3.8, 4) is 11.1 Å². The van der Waals surface area contributed by atoms with Crippen molar-refractivity contribution in [2.24, 2.45) is 10.3 Å². The van der Waals surface area contributed by atoms with E-state index in [1.807, 2.05) is 31.2 Å². The Kier molecular flexibility index (Phi) is 7.75. The molecule has 0 bridgehead atoms. The number of hydrogen-bond acceptors (Lipinski definition) is 7. The van der Waals surface area contributed by atoms with Crippen LogP contribution < -0.4 is 11.5 Å². The van der Waals surface area contributed by atoms with Crippen molar-refractivity contribution in [1.82, 2.24) is 15.0 Å². The van der Waals surface area contributed by atoms with Gasteiger partial charge in [-0.15, -0.1) is 5.11 Å². The van der Waals surface area contributed by atoms with Crippen LogP contribution in [0.3, 0.4) is 0 Å². The van der Waals surface area contributed by atoms with E-state index in [0.29, 0.717) is 41.6 Å². The molecule has 8 nitrogen and oxygen atoms in total. The minimum atomic E-state index is -0.0270. The summed E-state index contributed by atoms with van der Waals surface area (Å²) in [5, 5.41) is 20.2. The molecule has 0 fully saturated rings. The Morgan fingerprint density at radius 2 is 1.84 bits per heavy atom. The van der Waals surface area contributed by atoms with Gasteiger partial charge in [-0.2, -0.15) is 4.98 Å². The van der Waals surface area contributed by atoms with E-state index >= 15 is 0 Å². The summed E-state index contributed by atoms with van der Waals surface area (Å²) in [7, 11) is 0. The Bertz CT molecular complexity index is 1040. The molecule has 1 heterocycles. The first-order valence-electron chi connectivity index (χ1n) is 10.0. The highest BCUT2D eigenvalue weighted by atomic mass is 35.5. The Morgan fingerprint density at radius 3 is 2.55 bits per heavy atom. The summed E-state index contributed by atoms with van der Waals surface area (Å²) in [6.07, 6.45) is 1.43. The Labute approximate surface area is 186 Å². The average Bonchev–Trinajstić information content (AvgIpc) is 2.77. The molecule has 5 N–H and O–H groups in total. The lowest BCUT2D eigenvalue weighted by Crippen LogP contribution is -2.23. The highest BCUT2D eigenvalue weighted by Crippen LogP contribution is 2.35. The predicted molar refractivity (Wildman–Crippen MR) is 124 cm³/mol. The Hall–Kier alpha value is -3.23. The molecule has 0 atom stereocenters. The van der Waals surface area contributed by atoms with Crippen molar-refractivity contribution in [3.63, 3.8) is 0 Å². The van der Waals surface area contributed by atoms with Crippen LogP contribution >= 0.6 is 11.6 Å². The van der Waals surface area contributed by atoms with E-state index in [9.17, 15) is 5.11 Å². The van der Waals surface area contributed by atoms with Crippen LogP contribution in [0.4, 0.5) is 17.5 Å². The summed E-state index contributed by atoms with van der Waals surface area (Å²) in [6, 6.07) is 15.5. The fourth-order valence-electron chi connectivity index (χ4n) is 3.19. The first kappa shape index (κ1) is 22.5. The van der Waals surface area contributed by atoms with Crippen molar-refractivity contribution >= 4 is 29.1 Å². The second-order valence-corrected chi connectivity index (χ2v) is 7.32. The second-order valence-electron chi connectivity index (χ2n) is 6.91. The van der Waals surface area contributed by atoms with Crippen molar-refractivity contribution in [1.29, 1.82) is 0 Å². The fraction of sp³-hybridized carbons (Fsp3) is 0.273. The van der Waals surface area contributed by atoms with Crippen molar-refractivity contribution < 1.29 is 5.11 Å². The monoisotopic (exact) mass is 439 g/mol. The number of hydrogen-bond donors (Lipinski definition) is 3. The van der Waals surface area contributed by atoms with E-state index in [0.717, 1.165) is 17.7 Å². The van der Waals surface area contributed by atoms with Gasteiger partial charge in [0.1, 0.15) is 11.5 Å². The number of rotatable bonds is 9. The van der Waals surface area contributed by atoms with Gasteiger partial charge >= 0.3 is 0 Å². The highest BCUT2D eigenvalue weighted by Gasteiger charge is 2.14. The van der Waals surface area contributed by atoms with Crippen LogP contribution in [0.25, 0.3) is 11.1 Å². The molecule has 0 amide bonds. The molecule has 0 spiro atoms. The van der Waals surface area contributed by atoms with Gasteiger partial charge in [-0.05, 0) is 36.1 Å². The van der Waals surface area contributed by atoms with Gasteiger partial charge in [0.25, 0.3) is 0 Å². The molecular formula is C22H26ClN7O. The van der Waals surface area contributed by atoms with Gasteiger partial charge in [-0.3, -0.25) is 5.01 Å². The van der Waals surface area contributed by atoms with Crippen molar-refractivity contribution in [2.75, 3.05) is 31.2 Å². The average molecular weight is 440 g/mol. The van der Waals surface area contributed by atoms with Crippen LogP contribution in [-0.2, 0) is 12.8 Å². The fourth-order valence-corrected chi connectivity index (χ4v) is 3.35. The van der Waals surface area contributed by atoms with E-state index < -0.39 is 0 Å². The van der Waals surface area contributed by atoms with E-state index in [-0.39, 0.29) is 12.6 Å². The summed E-state index contributed by atoms with van der Waals surface area (Å²) in [5.74, 6) is 0.448. The largest absolute Gasteiger partial charge is 0.394 e. The number of aliphatic hydroxyl groups excluding tert-OH is 1. The van der Waals surface area contributed by atoms with Crippen LogP contribution in [0.1, 0.15) is 18.2 Å². The maximum atomic E-state index is 9.38. The smallest absolute Gasteiger partial charge is 0.222 e. The summed E-state index contributed by atoms with van der Waals surface area (Å²) < 4.78 is 0. The molecule has 1 aromatic heterocycles. The standard InChI is InChI=1S/C22H26ClN7O/c1-2-18-20(21(24)27-22(25)26-18)16-8-9-17(23)19(14-16)28-29-30(12-13-31)11-10-15-6-4-3-5-7-15/h3-9,14,31H,2,10-13H2,1H3,(H4,24,25,26,27). The number of benzene rings is 2. The van der Waals surface area contributed by atoms with E-state index in [1.54, 1.807) is 17.1 Å². The third-order valence-corrected chi connectivity index (χ3v) is 5.06. The van der Waals surface area contributed by atoms with Crippen LogP contribution in [-0.4, -0.2) is 39.8 Å². The summed E-state index contributed by atoms with van der Waals surface area (Å²) in [4.78, 5) is 8.38. The lowest BCUT2D eigenvalue weighted by atomic mass is 10.0. The molecule has 0 aliphatic carbocycles. The van der Waals surface area contributed by atoms with Crippen LogP contribution in [0.5, 0.6) is 0 Å². The van der Waals surface area contributed by atoms with Crippen molar-refractivity contribution in [3.05, 3.63) is 64.8 Å². The van der Waals surface area contributed by atoms with E-state index in [4.69, 9.17) is 23.1 Å². The number of nitrogens with two attached hydrogens (primary N) is 2. The quantitative estimate of drug-likeness (QED) is 0.341. The Morgan fingerprint density at radius 1 is 1.06 bits per heavy atom. The van der Waals surface area contributed by atoms with Gasteiger partial charge in [0.05, 0.1) is 23.9 Å². The first-order valence-corrected chi connectivity index (χ1v) is 10.4. The van der Waals surface area contributed by atoms with Gasteiger partial charge in [0, 0.05) is 12.1 Å². The molecular weight excluding hydrogens is 414 g/mol.